The lowest BCUT2D eigenvalue weighted by atomic mass is 9.98. The summed E-state index contributed by atoms with van der Waals surface area (Å²) in [7, 11) is 0. The number of halogens is 1. The molecule has 1 nitrogen and oxygen atoms in total. The molecule has 1 aromatic carbocycles. The maximum atomic E-state index is 5.99. The molecule has 0 aliphatic heterocycles. The van der Waals surface area contributed by atoms with Gasteiger partial charge in [-0.05, 0) is 31.4 Å². The van der Waals surface area contributed by atoms with Crippen LogP contribution in [0.3, 0.4) is 0 Å². The molecule has 0 saturated carbocycles. The predicted molar refractivity (Wildman–Crippen MR) is 64.9 cm³/mol. The Labute approximate surface area is 92.4 Å². The third-order valence-electron chi connectivity index (χ3n) is 2.25. The molecule has 0 aromatic heterocycles. The minimum Gasteiger partial charge on any atom is -0.324 e. The van der Waals surface area contributed by atoms with Gasteiger partial charge in [-0.1, -0.05) is 29.8 Å². The quantitative estimate of drug-likeness (QED) is 0.763. The summed E-state index contributed by atoms with van der Waals surface area (Å²) in [5.74, 6) is 0. The van der Waals surface area contributed by atoms with Gasteiger partial charge in [-0.2, -0.15) is 0 Å². The summed E-state index contributed by atoms with van der Waals surface area (Å²) in [6, 6.07) is 6.47. The smallest absolute Gasteiger partial charge is 0.0332 e. The van der Waals surface area contributed by atoms with Crippen LogP contribution in [0.2, 0.25) is 0 Å². The third kappa shape index (κ3) is 3.17. The number of hydrogen-bond donors (Lipinski definition) is 1. The topological polar surface area (TPSA) is 26.0 Å². The SMILES string of the molecule is C=CC[C@@H](N)c1ccc(C)cc1C.Cl. The fourth-order valence-corrected chi connectivity index (χ4v) is 1.55. The molecule has 1 atom stereocenters. The second-order valence-corrected chi connectivity index (χ2v) is 3.49. The summed E-state index contributed by atoms with van der Waals surface area (Å²) in [6.07, 6.45) is 2.70. The predicted octanol–water partition coefficient (Wildman–Crippen LogP) is 3.30. The molecule has 0 spiro atoms. The molecule has 0 fully saturated rings. The Kier molecular flexibility index (Phi) is 5.51. The van der Waals surface area contributed by atoms with Gasteiger partial charge in [-0.3, -0.25) is 0 Å². The van der Waals surface area contributed by atoms with Crippen molar-refractivity contribution < 1.29 is 0 Å². The Balaban J connectivity index is 0.00000169. The first kappa shape index (κ1) is 13.2. The second kappa shape index (κ2) is 5.84. The Morgan fingerprint density at radius 3 is 2.57 bits per heavy atom. The van der Waals surface area contributed by atoms with Crippen LogP contribution in [0.25, 0.3) is 0 Å². The zero-order chi connectivity index (χ0) is 9.84. The van der Waals surface area contributed by atoms with E-state index in [1.54, 1.807) is 0 Å². The zero-order valence-electron chi connectivity index (χ0n) is 8.79. The molecule has 0 saturated heterocycles. The fourth-order valence-electron chi connectivity index (χ4n) is 1.55. The van der Waals surface area contributed by atoms with E-state index >= 15 is 0 Å². The van der Waals surface area contributed by atoms with Gasteiger partial charge in [-0.25, -0.2) is 0 Å². The van der Waals surface area contributed by atoms with Crippen molar-refractivity contribution in [3.8, 4) is 0 Å². The van der Waals surface area contributed by atoms with E-state index in [1.807, 2.05) is 6.08 Å². The molecular formula is C12H18ClN. The molecule has 0 aliphatic rings. The summed E-state index contributed by atoms with van der Waals surface area (Å²) < 4.78 is 0. The number of benzene rings is 1. The van der Waals surface area contributed by atoms with E-state index in [4.69, 9.17) is 5.73 Å². The summed E-state index contributed by atoms with van der Waals surface area (Å²) >= 11 is 0. The molecule has 0 radical (unpaired) electrons. The van der Waals surface area contributed by atoms with Crippen LogP contribution in [0.5, 0.6) is 0 Å². The molecule has 0 bridgehead atoms. The monoisotopic (exact) mass is 211 g/mol. The highest BCUT2D eigenvalue weighted by atomic mass is 35.5. The van der Waals surface area contributed by atoms with E-state index in [2.05, 4.69) is 38.6 Å². The van der Waals surface area contributed by atoms with Gasteiger partial charge in [0.25, 0.3) is 0 Å². The molecule has 0 heterocycles. The number of aryl methyl sites for hydroxylation is 2. The number of nitrogens with two attached hydrogens (primary N) is 1. The molecule has 0 aliphatic carbocycles. The lowest BCUT2D eigenvalue weighted by Gasteiger charge is -2.13. The average Bonchev–Trinajstić information content (AvgIpc) is 2.04. The van der Waals surface area contributed by atoms with Crippen molar-refractivity contribution >= 4 is 12.4 Å². The minimum absolute atomic E-state index is 0. The largest absolute Gasteiger partial charge is 0.324 e. The molecule has 0 unspecified atom stereocenters. The van der Waals surface area contributed by atoms with E-state index in [-0.39, 0.29) is 18.4 Å². The van der Waals surface area contributed by atoms with Crippen LogP contribution >= 0.6 is 12.4 Å². The first-order valence-corrected chi connectivity index (χ1v) is 4.58. The molecular weight excluding hydrogens is 194 g/mol. The highest BCUT2D eigenvalue weighted by Gasteiger charge is 2.06. The zero-order valence-corrected chi connectivity index (χ0v) is 9.60. The van der Waals surface area contributed by atoms with Crippen molar-refractivity contribution in [2.75, 3.05) is 0 Å². The van der Waals surface area contributed by atoms with Crippen molar-refractivity contribution in [1.82, 2.24) is 0 Å². The molecule has 1 rings (SSSR count). The summed E-state index contributed by atoms with van der Waals surface area (Å²) in [5, 5.41) is 0. The summed E-state index contributed by atoms with van der Waals surface area (Å²) in [5.41, 5.74) is 9.77. The maximum Gasteiger partial charge on any atom is 0.0332 e. The van der Waals surface area contributed by atoms with Gasteiger partial charge in [0.15, 0.2) is 0 Å². The summed E-state index contributed by atoms with van der Waals surface area (Å²) in [4.78, 5) is 0. The number of hydrogen-bond acceptors (Lipinski definition) is 1. The fraction of sp³-hybridized carbons (Fsp3) is 0.333. The van der Waals surface area contributed by atoms with Crippen molar-refractivity contribution in [2.45, 2.75) is 26.3 Å². The van der Waals surface area contributed by atoms with Gasteiger partial charge in [0, 0.05) is 6.04 Å². The average molecular weight is 212 g/mol. The highest BCUT2D eigenvalue weighted by Crippen LogP contribution is 2.19. The molecule has 2 N–H and O–H groups in total. The molecule has 2 heteroatoms. The number of rotatable bonds is 3. The van der Waals surface area contributed by atoms with Gasteiger partial charge >= 0.3 is 0 Å². The van der Waals surface area contributed by atoms with E-state index in [9.17, 15) is 0 Å². The van der Waals surface area contributed by atoms with E-state index < -0.39 is 0 Å². The maximum absolute atomic E-state index is 5.99. The third-order valence-corrected chi connectivity index (χ3v) is 2.25. The van der Waals surface area contributed by atoms with Crippen molar-refractivity contribution in [3.05, 3.63) is 47.5 Å². The Morgan fingerprint density at radius 2 is 2.07 bits per heavy atom. The van der Waals surface area contributed by atoms with Gasteiger partial charge in [0.05, 0.1) is 0 Å². The molecule has 14 heavy (non-hydrogen) atoms. The van der Waals surface area contributed by atoms with Crippen molar-refractivity contribution in [3.63, 3.8) is 0 Å². The molecule has 78 valence electrons. The van der Waals surface area contributed by atoms with Gasteiger partial charge in [0.1, 0.15) is 0 Å². The normalized spacial score (nSPS) is 11.6. The Hall–Kier alpha value is -0.790. The molecule has 1 aromatic rings. The van der Waals surface area contributed by atoms with Crippen molar-refractivity contribution in [1.29, 1.82) is 0 Å². The lowest BCUT2D eigenvalue weighted by Crippen LogP contribution is -2.10. The van der Waals surface area contributed by atoms with Crippen LogP contribution in [0.15, 0.2) is 30.9 Å². The van der Waals surface area contributed by atoms with Crippen molar-refractivity contribution in [2.24, 2.45) is 5.73 Å². The van der Waals surface area contributed by atoms with Crippen LogP contribution in [0, 0.1) is 13.8 Å². The van der Waals surface area contributed by atoms with Crippen LogP contribution < -0.4 is 5.73 Å². The Bertz CT molecular complexity index is 307. The van der Waals surface area contributed by atoms with E-state index in [0.717, 1.165) is 6.42 Å². The van der Waals surface area contributed by atoms with Crippen LogP contribution in [-0.4, -0.2) is 0 Å². The molecule has 0 amide bonds. The second-order valence-electron chi connectivity index (χ2n) is 3.49. The first-order chi connectivity index (χ1) is 6.15. The van der Waals surface area contributed by atoms with Gasteiger partial charge in [0.2, 0.25) is 0 Å². The van der Waals surface area contributed by atoms with Crippen LogP contribution in [-0.2, 0) is 0 Å². The highest BCUT2D eigenvalue weighted by molar-refractivity contribution is 5.85. The van der Waals surface area contributed by atoms with Crippen LogP contribution in [0.4, 0.5) is 0 Å². The lowest BCUT2D eigenvalue weighted by molar-refractivity contribution is 0.735. The summed E-state index contributed by atoms with van der Waals surface area (Å²) in [6.45, 7) is 7.89. The standard InChI is InChI=1S/C12H17N.ClH/c1-4-5-12(13)11-7-6-9(2)8-10(11)3;/h4,6-8,12H,1,5,13H2,2-3H3;1H/t12-;/m1./s1. The van der Waals surface area contributed by atoms with Crippen LogP contribution in [0.1, 0.15) is 29.2 Å². The minimum atomic E-state index is 0. The van der Waals surface area contributed by atoms with E-state index in [0.29, 0.717) is 0 Å². The Morgan fingerprint density at radius 1 is 1.43 bits per heavy atom. The first-order valence-electron chi connectivity index (χ1n) is 4.58. The van der Waals surface area contributed by atoms with E-state index in [1.165, 1.54) is 16.7 Å². The van der Waals surface area contributed by atoms with Gasteiger partial charge < -0.3 is 5.73 Å². The van der Waals surface area contributed by atoms with Gasteiger partial charge in [-0.15, -0.1) is 19.0 Å².